The van der Waals surface area contributed by atoms with Gasteiger partial charge in [-0.25, -0.2) is 0 Å². The molecule has 0 fully saturated rings. The molecule has 8 nitrogen and oxygen atoms in total. The van der Waals surface area contributed by atoms with Gasteiger partial charge in [-0.05, 0) is 41.8 Å². The molecular weight excluding hydrogens is 532 g/mol. The quantitative estimate of drug-likeness (QED) is 0.364. The van der Waals surface area contributed by atoms with E-state index in [4.69, 9.17) is 36.3 Å². The lowest BCUT2D eigenvalue weighted by Gasteiger charge is -2.31. The Hall–Kier alpha value is -4.43. The van der Waals surface area contributed by atoms with Crippen LogP contribution in [0.2, 0.25) is 5.02 Å². The third-order valence-corrected chi connectivity index (χ3v) is 7.16. The van der Waals surface area contributed by atoms with Crippen molar-refractivity contribution in [2.75, 3.05) is 33.3 Å². The molecule has 1 atom stereocenters. The number of halogens is 1. The number of methoxy groups -OCH3 is 4. The molecule has 0 heterocycles. The molecule has 4 rings (SSSR count). The summed E-state index contributed by atoms with van der Waals surface area (Å²) < 4.78 is 21.8. The van der Waals surface area contributed by atoms with Crippen LogP contribution in [0.1, 0.15) is 17.5 Å². The number of carbonyl (C=O) groups excluding carboxylic acids is 2. The van der Waals surface area contributed by atoms with Crippen molar-refractivity contribution >= 4 is 29.1 Å². The minimum atomic E-state index is -1.12. The molecule has 0 radical (unpaired) electrons. The zero-order valence-electron chi connectivity index (χ0n) is 22.8. The molecule has 0 aromatic heterocycles. The van der Waals surface area contributed by atoms with Gasteiger partial charge in [0.2, 0.25) is 11.7 Å². The third kappa shape index (κ3) is 5.62. The second kappa shape index (κ2) is 12.2. The largest absolute Gasteiger partial charge is 0.497 e. The highest BCUT2D eigenvalue weighted by molar-refractivity contribution is 6.30. The summed E-state index contributed by atoms with van der Waals surface area (Å²) in [5.74, 6) is 1.11. The molecule has 9 heteroatoms. The van der Waals surface area contributed by atoms with Gasteiger partial charge < -0.3 is 29.6 Å². The molecule has 0 spiro atoms. The van der Waals surface area contributed by atoms with Crippen molar-refractivity contribution in [2.24, 2.45) is 5.73 Å². The normalized spacial score (nSPS) is 16.1. The highest BCUT2D eigenvalue weighted by Gasteiger charge is 2.38. The molecule has 0 saturated heterocycles. The van der Waals surface area contributed by atoms with Gasteiger partial charge in [0.1, 0.15) is 5.75 Å². The first-order chi connectivity index (χ1) is 19.3. The molecule has 1 aliphatic rings. The Kier molecular flexibility index (Phi) is 8.70. The van der Waals surface area contributed by atoms with Gasteiger partial charge in [-0.3, -0.25) is 9.59 Å². The lowest BCUT2D eigenvalue weighted by molar-refractivity contribution is -0.122. The number of allylic oxidation sites excluding steroid dienone is 1. The monoisotopic (exact) mass is 562 g/mol. The van der Waals surface area contributed by atoms with Crippen molar-refractivity contribution in [1.29, 1.82) is 0 Å². The number of nitrogens with zero attached hydrogens (tertiary/aromatic N) is 1. The number of rotatable bonds is 10. The van der Waals surface area contributed by atoms with Crippen LogP contribution in [-0.2, 0) is 21.5 Å². The number of hydrogen-bond acceptors (Lipinski definition) is 6. The molecule has 0 bridgehead atoms. The summed E-state index contributed by atoms with van der Waals surface area (Å²) >= 11 is 6.20. The van der Waals surface area contributed by atoms with E-state index in [0.717, 1.165) is 5.56 Å². The van der Waals surface area contributed by atoms with Gasteiger partial charge in [0.25, 0.3) is 5.91 Å². The average Bonchev–Trinajstić information content (AvgIpc) is 2.98. The van der Waals surface area contributed by atoms with Crippen molar-refractivity contribution in [3.05, 3.63) is 101 Å². The van der Waals surface area contributed by atoms with E-state index in [2.05, 4.69) is 0 Å². The van der Waals surface area contributed by atoms with Crippen LogP contribution in [0.5, 0.6) is 23.0 Å². The van der Waals surface area contributed by atoms with E-state index < -0.39 is 11.3 Å². The van der Waals surface area contributed by atoms with Crippen molar-refractivity contribution in [3.63, 3.8) is 0 Å². The first kappa shape index (κ1) is 28.6. The van der Waals surface area contributed by atoms with Gasteiger partial charge >= 0.3 is 0 Å². The molecular formula is C31H31ClN2O6. The smallest absolute Gasteiger partial charge is 0.258 e. The summed E-state index contributed by atoms with van der Waals surface area (Å²) in [6.07, 6.45) is 5.24. The fraction of sp³-hybridized carbons (Fsp3) is 0.226. The van der Waals surface area contributed by atoms with E-state index in [1.807, 2.05) is 24.3 Å². The number of amides is 2. The van der Waals surface area contributed by atoms with Crippen molar-refractivity contribution in [3.8, 4) is 23.0 Å². The molecule has 1 aliphatic carbocycles. The highest BCUT2D eigenvalue weighted by atomic mass is 35.5. The highest BCUT2D eigenvalue weighted by Crippen LogP contribution is 2.42. The number of hydrogen-bond donors (Lipinski definition) is 1. The molecule has 2 amide bonds. The van der Waals surface area contributed by atoms with E-state index >= 15 is 0 Å². The SMILES string of the molecule is COc1ccc(CN(C(=O)C2=CCC(C(N)=O)(c3cccc(Cl)c3)C=C2)c2cc(OC)c(OC)c(OC)c2)cc1. The maximum Gasteiger partial charge on any atom is 0.258 e. The van der Waals surface area contributed by atoms with Crippen LogP contribution < -0.4 is 29.6 Å². The summed E-state index contributed by atoms with van der Waals surface area (Å²) in [4.78, 5) is 28.4. The number of primary amides is 1. The Balaban J connectivity index is 1.75. The number of benzene rings is 3. The number of nitrogens with two attached hydrogens (primary N) is 1. The zero-order valence-corrected chi connectivity index (χ0v) is 23.5. The summed E-state index contributed by atoms with van der Waals surface area (Å²) in [5.41, 5.74) is 7.21. The lowest BCUT2D eigenvalue weighted by atomic mass is 9.73. The van der Waals surface area contributed by atoms with Crippen LogP contribution >= 0.6 is 11.6 Å². The van der Waals surface area contributed by atoms with E-state index in [9.17, 15) is 9.59 Å². The molecule has 0 saturated carbocycles. The average molecular weight is 563 g/mol. The van der Waals surface area contributed by atoms with Crippen LogP contribution in [0.15, 0.2) is 84.5 Å². The fourth-order valence-corrected chi connectivity index (χ4v) is 4.87. The Labute approximate surface area is 238 Å². The van der Waals surface area contributed by atoms with Crippen LogP contribution in [0.3, 0.4) is 0 Å². The summed E-state index contributed by atoms with van der Waals surface area (Å²) in [5, 5.41) is 0.491. The van der Waals surface area contributed by atoms with Crippen molar-refractivity contribution < 1.29 is 28.5 Å². The van der Waals surface area contributed by atoms with Crippen LogP contribution in [0, 0.1) is 0 Å². The molecule has 3 aromatic carbocycles. The third-order valence-electron chi connectivity index (χ3n) is 6.92. The first-order valence-electron chi connectivity index (χ1n) is 12.5. The molecule has 40 heavy (non-hydrogen) atoms. The number of ether oxygens (including phenoxy) is 4. The fourth-order valence-electron chi connectivity index (χ4n) is 4.68. The predicted molar refractivity (Wildman–Crippen MR) is 154 cm³/mol. The van der Waals surface area contributed by atoms with Crippen molar-refractivity contribution in [2.45, 2.75) is 18.4 Å². The molecule has 1 unspecified atom stereocenters. The molecule has 0 aliphatic heterocycles. The lowest BCUT2D eigenvalue weighted by Crippen LogP contribution is -2.41. The van der Waals surface area contributed by atoms with Crippen molar-refractivity contribution in [1.82, 2.24) is 0 Å². The minimum Gasteiger partial charge on any atom is -0.497 e. The Morgan fingerprint density at radius 3 is 2.10 bits per heavy atom. The number of carbonyl (C=O) groups is 2. The first-order valence-corrected chi connectivity index (χ1v) is 12.8. The summed E-state index contributed by atoms with van der Waals surface area (Å²) in [7, 11) is 6.14. The van der Waals surface area contributed by atoms with Crippen LogP contribution in [0.25, 0.3) is 0 Å². The van der Waals surface area contributed by atoms with E-state index in [0.29, 0.717) is 44.8 Å². The van der Waals surface area contributed by atoms with E-state index in [1.54, 1.807) is 66.6 Å². The molecule has 2 N–H and O–H groups in total. The predicted octanol–water partition coefficient (Wildman–Crippen LogP) is 5.22. The van der Waals surface area contributed by atoms with E-state index in [-0.39, 0.29) is 18.9 Å². The van der Waals surface area contributed by atoms with Gasteiger partial charge in [-0.1, -0.05) is 54.1 Å². The van der Waals surface area contributed by atoms with Gasteiger partial charge in [0.05, 0.1) is 46.1 Å². The standard InChI is InChI=1S/C31H31ClN2O6/c1-37-25-10-8-20(9-11-25)19-34(24-17-26(38-2)28(40-4)27(18-24)39-3)29(35)21-12-14-31(15-13-21,30(33)36)22-6-5-7-23(32)16-22/h5-14,16-18H,15,19H2,1-4H3,(H2,33,36). The summed E-state index contributed by atoms with van der Waals surface area (Å²) in [6.45, 7) is 0.238. The molecule has 3 aromatic rings. The summed E-state index contributed by atoms with van der Waals surface area (Å²) in [6, 6.07) is 17.9. The maximum absolute atomic E-state index is 14.1. The second-order valence-corrected chi connectivity index (χ2v) is 9.60. The minimum absolute atomic E-state index is 0.200. The van der Waals surface area contributed by atoms with Gasteiger partial charge in [0, 0.05) is 22.7 Å². The zero-order chi connectivity index (χ0) is 28.9. The van der Waals surface area contributed by atoms with Gasteiger partial charge in [0.15, 0.2) is 11.5 Å². The number of anilines is 1. The molecule has 208 valence electrons. The van der Waals surface area contributed by atoms with Crippen LogP contribution in [-0.4, -0.2) is 40.3 Å². The van der Waals surface area contributed by atoms with Gasteiger partial charge in [-0.15, -0.1) is 0 Å². The maximum atomic E-state index is 14.1. The topological polar surface area (TPSA) is 100 Å². The Bertz CT molecular complexity index is 1440. The van der Waals surface area contributed by atoms with E-state index in [1.165, 1.54) is 21.3 Å². The Morgan fingerprint density at radius 2 is 1.60 bits per heavy atom. The second-order valence-electron chi connectivity index (χ2n) is 9.17. The Morgan fingerprint density at radius 1 is 0.925 bits per heavy atom. The van der Waals surface area contributed by atoms with Gasteiger partial charge in [-0.2, -0.15) is 0 Å². The van der Waals surface area contributed by atoms with Crippen LogP contribution in [0.4, 0.5) is 5.69 Å².